The van der Waals surface area contributed by atoms with E-state index in [4.69, 9.17) is 5.73 Å². The molecule has 0 bridgehead atoms. The lowest BCUT2D eigenvalue weighted by atomic mass is 10.0. The Morgan fingerprint density at radius 1 is 1.47 bits per heavy atom. The Balaban J connectivity index is 2.20. The van der Waals surface area contributed by atoms with Gasteiger partial charge in [-0.15, -0.1) is 0 Å². The van der Waals surface area contributed by atoms with Crippen molar-refractivity contribution < 1.29 is 4.79 Å². The molecule has 0 unspecified atom stereocenters. The number of carbonyl (C=O) groups is 1. The molecule has 0 aliphatic rings. The van der Waals surface area contributed by atoms with Crippen LogP contribution in [0.25, 0.3) is 11.2 Å². The van der Waals surface area contributed by atoms with E-state index in [1.165, 1.54) is 6.33 Å². The van der Waals surface area contributed by atoms with Crippen molar-refractivity contribution in [3.05, 3.63) is 12.7 Å². The lowest BCUT2D eigenvalue weighted by molar-refractivity contribution is -0.120. The van der Waals surface area contributed by atoms with Crippen LogP contribution in [0.15, 0.2) is 12.7 Å². The standard InChI is InChI=1S/C11H15N5O/c1-7(8(2)17)3-4-16-6-15-9-10(12)13-5-14-11(9)16/h5-7H,3-4H2,1-2H3,(H2,12,13,14)/t7-/m0/s1. The van der Waals surface area contributed by atoms with Crippen LogP contribution in [0.3, 0.4) is 0 Å². The zero-order valence-corrected chi connectivity index (χ0v) is 9.92. The van der Waals surface area contributed by atoms with Gasteiger partial charge in [0.1, 0.15) is 17.6 Å². The van der Waals surface area contributed by atoms with E-state index in [1.807, 2.05) is 11.5 Å². The molecule has 2 aromatic heterocycles. The van der Waals surface area contributed by atoms with Crippen LogP contribution in [-0.4, -0.2) is 25.3 Å². The molecule has 0 amide bonds. The van der Waals surface area contributed by atoms with Crippen molar-refractivity contribution in [1.29, 1.82) is 0 Å². The first-order valence-electron chi connectivity index (χ1n) is 5.51. The lowest BCUT2D eigenvalue weighted by Gasteiger charge is -2.08. The summed E-state index contributed by atoms with van der Waals surface area (Å²) in [6.45, 7) is 4.23. The van der Waals surface area contributed by atoms with Crippen molar-refractivity contribution in [1.82, 2.24) is 19.5 Å². The predicted molar refractivity (Wildman–Crippen MR) is 64.2 cm³/mol. The normalized spacial score (nSPS) is 12.8. The highest BCUT2D eigenvalue weighted by atomic mass is 16.1. The van der Waals surface area contributed by atoms with Crippen LogP contribution in [0.4, 0.5) is 5.82 Å². The monoisotopic (exact) mass is 233 g/mol. The third-order valence-corrected chi connectivity index (χ3v) is 2.93. The van der Waals surface area contributed by atoms with Crippen molar-refractivity contribution in [2.75, 3.05) is 5.73 Å². The first-order chi connectivity index (χ1) is 8.09. The quantitative estimate of drug-likeness (QED) is 0.852. The number of rotatable bonds is 4. The molecule has 2 rings (SSSR count). The van der Waals surface area contributed by atoms with Crippen LogP contribution < -0.4 is 5.73 Å². The minimum atomic E-state index is 0.0478. The van der Waals surface area contributed by atoms with E-state index in [1.54, 1.807) is 13.3 Å². The van der Waals surface area contributed by atoms with E-state index < -0.39 is 0 Å². The zero-order chi connectivity index (χ0) is 12.4. The molecule has 2 heterocycles. The molecule has 0 aliphatic carbocycles. The summed E-state index contributed by atoms with van der Waals surface area (Å²) < 4.78 is 1.90. The van der Waals surface area contributed by atoms with E-state index in [0.29, 0.717) is 23.5 Å². The smallest absolute Gasteiger partial charge is 0.165 e. The van der Waals surface area contributed by atoms with Crippen molar-refractivity contribution in [2.24, 2.45) is 5.92 Å². The second-order valence-corrected chi connectivity index (χ2v) is 4.17. The number of fused-ring (bicyclic) bond motifs is 1. The van der Waals surface area contributed by atoms with Gasteiger partial charge in [0, 0.05) is 12.5 Å². The summed E-state index contributed by atoms with van der Waals surface area (Å²) in [6.07, 6.45) is 3.87. The van der Waals surface area contributed by atoms with E-state index in [2.05, 4.69) is 15.0 Å². The van der Waals surface area contributed by atoms with Crippen molar-refractivity contribution in [3.8, 4) is 0 Å². The molecule has 2 N–H and O–H groups in total. The van der Waals surface area contributed by atoms with Gasteiger partial charge in [-0.05, 0) is 13.3 Å². The SMILES string of the molecule is CC(=O)[C@@H](C)CCn1cnc2c(N)ncnc21. The number of aromatic nitrogens is 4. The number of Topliss-reactive ketones (excluding diaryl/α,β-unsaturated/α-hetero) is 1. The van der Waals surface area contributed by atoms with Crippen molar-refractivity contribution in [2.45, 2.75) is 26.8 Å². The maximum Gasteiger partial charge on any atom is 0.165 e. The molecule has 0 radical (unpaired) electrons. The van der Waals surface area contributed by atoms with Crippen LogP contribution in [-0.2, 0) is 11.3 Å². The van der Waals surface area contributed by atoms with Crippen LogP contribution in [0.2, 0.25) is 0 Å². The van der Waals surface area contributed by atoms with Crippen LogP contribution >= 0.6 is 0 Å². The summed E-state index contributed by atoms with van der Waals surface area (Å²) in [5.74, 6) is 0.628. The largest absolute Gasteiger partial charge is 0.382 e. The highest BCUT2D eigenvalue weighted by Gasteiger charge is 2.11. The molecule has 6 nitrogen and oxygen atoms in total. The van der Waals surface area contributed by atoms with Crippen LogP contribution in [0.5, 0.6) is 0 Å². The minimum Gasteiger partial charge on any atom is -0.382 e. The fourth-order valence-corrected chi connectivity index (χ4v) is 1.60. The second-order valence-electron chi connectivity index (χ2n) is 4.17. The number of carbonyl (C=O) groups excluding carboxylic acids is 1. The molecule has 0 saturated carbocycles. The third-order valence-electron chi connectivity index (χ3n) is 2.93. The maximum absolute atomic E-state index is 11.2. The van der Waals surface area contributed by atoms with Gasteiger partial charge in [0.25, 0.3) is 0 Å². The maximum atomic E-state index is 11.2. The molecular weight excluding hydrogens is 218 g/mol. The van der Waals surface area contributed by atoms with E-state index in [0.717, 1.165) is 6.42 Å². The molecule has 0 aliphatic heterocycles. The van der Waals surface area contributed by atoms with Gasteiger partial charge in [-0.1, -0.05) is 6.92 Å². The van der Waals surface area contributed by atoms with Gasteiger partial charge in [-0.25, -0.2) is 15.0 Å². The Hall–Kier alpha value is -1.98. The highest BCUT2D eigenvalue weighted by molar-refractivity contribution is 5.81. The van der Waals surface area contributed by atoms with E-state index in [9.17, 15) is 4.79 Å². The number of ketones is 1. The van der Waals surface area contributed by atoms with Crippen molar-refractivity contribution >= 4 is 22.8 Å². The van der Waals surface area contributed by atoms with Gasteiger partial charge >= 0.3 is 0 Å². The fraction of sp³-hybridized carbons (Fsp3) is 0.455. The molecule has 90 valence electrons. The highest BCUT2D eigenvalue weighted by Crippen LogP contribution is 2.15. The number of imidazole rings is 1. The molecule has 0 aromatic carbocycles. The number of nitrogens with zero attached hydrogens (tertiary/aromatic N) is 4. The van der Waals surface area contributed by atoms with Crippen LogP contribution in [0, 0.1) is 5.92 Å². The summed E-state index contributed by atoms with van der Waals surface area (Å²) in [5.41, 5.74) is 7.02. The Bertz CT molecular complexity index is 548. The van der Waals surface area contributed by atoms with Gasteiger partial charge < -0.3 is 10.3 Å². The Kier molecular flexibility index (Phi) is 3.03. The topological polar surface area (TPSA) is 86.7 Å². The summed E-state index contributed by atoms with van der Waals surface area (Å²) in [7, 11) is 0. The molecule has 2 aromatic rings. The van der Waals surface area contributed by atoms with Gasteiger partial charge in [-0.3, -0.25) is 4.79 Å². The van der Waals surface area contributed by atoms with Crippen molar-refractivity contribution in [3.63, 3.8) is 0 Å². The van der Waals surface area contributed by atoms with Crippen LogP contribution in [0.1, 0.15) is 20.3 Å². The number of nitrogen functional groups attached to an aromatic ring is 1. The Morgan fingerprint density at radius 3 is 2.94 bits per heavy atom. The Labute approximate surface area is 98.9 Å². The van der Waals surface area contributed by atoms with Gasteiger partial charge in [0.05, 0.1) is 6.33 Å². The molecule has 0 saturated heterocycles. The first-order valence-corrected chi connectivity index (χ1v) is 5.51. The fourth-order valence-electron chi connectivity index (χ4n) is 1.60. The number of hydrogen-bond acceptors (Lipinski definition) is 5. The molecular formula is C11H15N5O. The van der Waals surface area contributed by atoms with E-state index >= 15 is 0 Å². The second kappa shape index (κ2) is 4.48. The molecule has 1 atom stereocenters. The number of hydrogen-bond donors (Lipinski definition) is 1. The van der Waals surface area contributed by atoms with Gasteiger partial charge in [0.2, 0.25) is 0 Å². The average molecular weight is 233 g/mol. The summed E-state index contributed by atoms with van der Waals surface area (Å²) in [6, 6.07) is 0. The average Bonchev–Trinajstić information content (AvgIpc) is 2.70. The van der Waals surface area contributed by atoms with E-state index in [-0.39, 0.29) is 11.7 Å². The number of nitrogens with two attached hydrogens (primary N) is 1. The number of aryl methyl sites for hydroxylation is 1. The zero-order valence-electron chi connectivity index (χ0n) is 9.92. The predicted octanol–water partition coefficient (Wildman–Crippen LogP) is 1.02. The molecule has 0 spiro atoms. The molecule has 17 heavy (non-hydrogen) atoms. The van der Waals surface area contributed by atoms with Gasteiger partial charge in [-0.2, -0.15) is 0 Å². The molecule has 0 fully saturated rings. The summed E-state index contributed by atoms with van der Waals surface area (Å²) in [4.78, 5) is 23.3. The van der Waals surface area contributed by atoms with Gasteiger partial charge in [0.15, 0.2) is 11.5 Å². The first kappa shape index (κ1) is 11.5. The number of anilines is 1. The minimum absolute atomic E-state index is 0.0478. The lowest BCUT2D eigenvalue weighted by Crippen LogP contribution is -2.10. The summed E-state index contributed by atoms with van der Waals surface area (Å²) in [5, 5.41) is 0. The molecule has 6 heteroatoms. The third kappa shape index (κ3) is 2.25. The Morgan fingerprint density at radius 2 is 2.24 bits per heavy atom. The summed E-state index contributed by atoms with van der Waals surface area (Å²) >= 11 is 0.